The summed E-state index contributed by atoms with van der Waals surface area (Å²) in [6, 6.07) is 2.53. The number of Topliss-reactive ketones (excluding diaryl/α,β-unsaturated/α-hetero) is 1. The van der Waals surface area contributed by atoms with Gasteiger partial charge in [-0.15, -0.1) is 0 Å². The number of carbonyl (C=O) groups is 1. The second-order valence-electron chi connectivity index (χ2n) is 4.91. The summed E-state index contributed by atoms with van der Waals surface area (Å²) in [6.07, 6.45) is 2.30. The summed E-state index contributed by atoms with van der Waals surface area (Å²) in [6.45, 7) is 8.08. The minimum atomic E-state index is 0.364. The summed E-state index contributed by atoms with van der Waals surface area (Å²) in [4.78, 5) is 13.6. The van der Waals surface area contributed by atoms with E-state index in [-0.39, 0.29) is 0 Å². The molecule has 0 bridgehead atoms. The zero-order valence-corrected chi connectivity index (χ0v) is 10.9. The fraction of sp³-hybridized carbons (Fsp3) is 0.692. The summed E-state index contributed by atoms with van der Waals surface area (Å²) in [5.74, 6) is 1.55. The highest BCUT2D eigenvalue weighted by Gasteiger charge is 2.21. The number of rotatable bonds is 3. The second-order valence-corrected chi connectivity index (χ2v) is 4.91. The molecule has 4 nitrogen and oxygen atoms in total. The van der Waals surface area contributed by atoms with Gasteiger partial charge >= 0.3 is 0 Å². The van der Waals surface area contributed by atoms with Crippen LogP contribution in [0.15, 0.2) is 6.07 Å². The van der Waals surface area contributed by atoms with Crippen LogP contribution in [-0.2, 0) is 11.2 Å². The van der Waals surface area contributed by atoms with Crippen molar-refractivity contribution in [3.05, 3.63) is 11.8 Å². The van der Waals surface area contributed by atoms with Crippen molar-refractivity contribution in [2.24, 2.45) is 0 Å². The molecule has 94 valence electrons. The van der Waals surface area contributed by atoms with Crippen molar-refractivity contribution in [2.45, 2.75) is 46.1 Å². The topological polar surface area (TPSA) is 38.1 Å². The summed E-state index contributed by atoms with van der Waals surface area (Å²) >= 11 is 0. The maximum absolute atomic E-state index is 11.3. The van der Waals surface area contributed by atoms with Crippen LogP contribution in [0.2, 0.25) is 0 Å². The molecule has 0 N–H and O–H groups in total. The monoisotopic (exact) mass is 235 g/mol. The second kappa shape index (κ2) is 4.90. The Morgan fingerprint density at radius 3 is 2.53 bits per heavy atom. The number of nitrogens with zero attached hydrogens (tertiary/aromatic N) is 3. The van der Waals surface area contributed by atoms with Gasteiger partial charge in [0.05, 0.1) is 5.69 Å². The van der Waals surface area contributed by atoms with Gasteiger partial charge in [0, 0.05) is 38.0 Å². The van der Waals surface area contributed by atoms with E-state index < -0.39 is 0 Å². The van der Waals surface area contributed by atoms with Crippen LogP contribution in [0.5, 0.6) is 0 Å². The van der Waals surface area contributed by atoms with Gasteiger partial charge in [0.2, 0.25) is 0 Å². The standard InChI is InChI=1S/C13H21N3O/c1-4-11-9-13(16(14-11)10(2)3)15-7-5-12(17)6-8-15/h9-10H,4-8H2,1-3H3. The van der Waals surface area contributed by atoms with Gasteiger partial charge in [0.1, 0.15) is 11.6 Å². The van der Waals surface area contributed by atoms with Crippen LogP contribution in [0.3, 0.4) is 0 Å². The number of ketones is 1. The minimum absolute atomic E-state index is 0.364. The Balaban J connectivity index is 2.24. The summed E-state index contributed by atoms with van der Waals surface area (Å²) in [7, 11) is 0. The first kappa shape index (κ1) is 12.1. The molecule has 4 heteroatoms. The molecule has 0 unspecified atom stereocenters. The molecule has 2 rings (SSSR count). The van der Waals surface area contributed by atoms with Crippen LogP contribution in [0.1, 0.15) is 45.3 Å². The van der Waals surface area contributed by atoms with Gasteiger partial charge in [-0.3, -0.25) is 4.79 Å². The molecule has 1 aliphatic heterocycles. The van der Waals surface area contributed by atoms with Crippen molar-refractivity contribution in [2.75, 3.05) is 18.0 Å². The van der Waals surface area contributed by atoms with E-state index in [0.717, 1.165) is 25.2 Å². The first-order valence-corrected chi connectivity index (χ1v) is 6.47. The number of aromatic nitrogens is 2. The molecule has 0 spiro atoms. The summed E-state index contributed by atoms with van der Waals surface area (Å²) < 4.78 is 2.08. The first-order chi connectivity index (χ1) is 8.11. The van der Waals surface area contributed by atoms with E-state index >= 15 is 0 Å². The molecule has 1 aliphatic rings. The smallest absolute Gasteiger partial charge is 0.136 e. The lowest BCUT2D eigenvalue weighted by Gasteiger charge is -2.29. The normalized spacial score (nSPS) is 16.9. The largest absolute Gasteiger partial charge is 0.356 e. The molecule has 0 aliphatic carbocycles. The van der Waals surface area contributed by atoms with Crippen LogP contribution >= 0.6 is 0 Å². The first-order valence-electron chi connectivity index (χ1n) is 6.47. The van der Waals surface area contributed by atoms with Gasteiger partial charge in [-0.2, -0.15) is 5.10 Å². The molecule has 1 fully saturated rings. The molecule has 17 heavy (non-hydrogen) atoms. The molecule has 0 amide bonds. The lowest BCUT2D eigenvalue weighted by Crippen LogP contribution is -2.35. The number of aryl methyl sites for hydroxylation is 1. The number of hydrogen-bond donors (Lipinski definition) is 0. The van der Waals surface area contributed by atoms with Crippen molar-refractivity contribution in [3.8, 4) is 0 Å². The Hall–Kier alpha value is -1.32. The van der Waals surface area contributed by atoms with Crippen molar-refractivity contribution in [1.82, 2.24) is 9.78 Å². The molecular weight excluding hydrogens is 214 g/mol. The number of anilines is 1. The van der Waals surface area contributed by atoms with Gasteiger partial charge in [0.25, 0.3) is 0 Å². The van der Waals surface area contributed by atoms with E-state index in [2.05, 4.69) is 41.5 Å². The average molecular weight is 235 g/mol. The third-order valence-electron chi connectivity index (χ3n) is 3.26. The molecule has 1 aromatic heterocycles. The van der Waals surface area contributed by atoms with E-state index in [1.165, 1.54) is 5.82 Å². The number of carbonyl (C=O) groups excluding carboxylic acids is 1. The van der Waals surface area contributed by atoms with Gasteiger partial charge < -0.3 is 4.90 Å². The highest BCUT2D eigenvalue weighted by atomic mass is 16.1. The number of piperidine rings is 1. The Kier molecular flexibility index (Phi) is 3.50. The molecule has 0 atom stereocenters. The summed E-state index contributed by atoms with van der Waals surface area (Å²) in [5.41, 5.74) is 1.13. The molecule has 2 heterocycles. The SMILES string of the molecule is CCc1cc(N2CCC(=O)CC2)n(C(C)C)n1. The summed E-state index contributed by atoms with van der Waals surface area (Å²) in [5, 5.41) is 4.61. The highest BCUT2D eigenvalue weighted by Crippen LogP contribution is 2.23. The number of hydrogen-bond acceptors (Lipinski definition) is 3. The lowest BCUT2D eigenvalue weighted by atomic mass is 10.1. The quantitative estimate of drug-likeness (QED) is 0.806. The van der Waals surface area contributed by atoms with Crippen molar-refractivity contribution in [3.63, 3.8) is 0 Å². The molecule has 0 saturated carbocycles. The zero-order chi connectivity index (χ0) is 12.4. The fourth-order valence-electron chi connectivity index (χ4n) is 2.21. The Labute approximate surface area is 103 Å². The molecule has 1 aromatic rings. The molecule has 1 saturated heterocycles. The van der Waals surface area contributed by atoms with Gasteiger partial charge in [0.15, 0.2) is 0 Å². The third-order valence-corrected chi connectivity index (χ3v) is 3.26. The van der Waals surface area contributed by atoms with Gasteiger partial charge in [-0.05, 0) is 20.3 Å². The average Bonchev–Trinajstić information content (AvgIpc) is 2.74. The van der Waals surface area contributed by atoms with Crippen LogP contribution in [0.25, 0.3) is 0 Å². The zero-order valence-electron chi connectivity index (χ0n) is 10.9. The lowest BCUT2D eigenvalue weighted by molar-refractivity contribution is -0.119. The van der Waals surface area contributed by atoms with Crippen LogP contribution in [0.4, 0.5) is 5.82 Å². The van der Waals surface area contributed by atoms with Crippen molar-refractivity contribution < 1.29 is 4.79 Å². The van der Waals surface area contributed by atoms with Gasteiger partial charge in [-0.1, -0.05) is 6.92 Å². The van der Waals surface area contributed by atoms with E-state index in [1.54, 1.807) is 0 Å². The highest BCUT2D eigenvalue weighted by molar-refractivity contribution is 5.80. The predicted molar refractivity (Wildman–Crippen MR) is 68.4 cm³/mol. The Morgan fingerprint density at radius 2 is 2.00 bits per heavy atom. The van der Waals surface area contributed by atoms with Crippen LogP contribution in [0, 0.1) is 0 Å². The molecular formula is C13H21N3O. The van der Waals surface area contributed by atoms with Crippen LogP contribution in [-0.4, -0.2) is 28.7 Å². The predicted octanol–water partition coefficient (Wildman–Crippen LogP) is 2.20. The van der Waals surface area contributed by atoms with Crippen molar-refractivity contribution in [1.29, 1.82) is 0 Å². The maximum Gasteiger partial charge on any atom is 0.136 e. The third kappa shape index (κ3) is 2.51. The van der Waals surface area contributed by atoms with E-state index in [1.807, 2.05) is 0 Å². The van der Waals surface area contributed by atoms with Crippen LogP contribution < -0.4 is 4.90 Å². The fourth-order valence-corrected chi connectivity index (χ4v) is 2.21. The maximum atomic E-state index is 11.3. The van der Waals surface area contributed by atoms with E-state index in [9.17, 15) is 4.79 Å². The van der Waals surface area contributed by atoms with E-state index in [4.69, 9.17) is 0 Å². The Bertz CT molecular complexity index is 399. The van der Waals surface area contributed by atoms with Gasteiger partial charge in [-0.25, -0.2) is 4.68 Å². The van der Waals surface area contributed by atoms with E-state index in [0.29, 0.717) is 24.7 Å². The van der Waals surface area contributed by atoms with Crippen molar-refractivity contribution >= 4 is 11.6 Å². The molecule has 0 aromatic carbocycles. The minimum Gasteiger partial charge on any atom is -0.356 e. The Morgan fingerprint density at radius 1 is 1.35 bits per heavy atom. The molecule has 0 radical (unpaired) electrons.